The summed E-state index contributed by atoms with van der Waals surface area (Å²) < 4.78 is 0. The lowest BCUT2D eigenvalue weighted by Gasteiger charge is -2.34. The number of amides is 1. The quantitative estimate of drug-likeness (QED) is 0.760. The number of piperidine rings is 1. The van der Waals surface area contributed by atoms with Crippen LogP contribution in [-0.4, -0.2) is 41.0 Å². The van der Waals surface area contributed by atoms with Crippen LogP contribution in [0.1, 0.15) is 12.8 Å². The summed E-state index contributed by atoms with van der Waals surface area (Å²) in [5.41, 5.74) is 2.90. The van der Waals surface area contributed by atoms with E-state index >= 15 is 0 Å². The first kappa shape index (κ1) is 14.0. The molecule has 0 bridgehead atoms. The first-order chi connectivity index (χ1) is 11.3. The number of pyridine rings is 2. The first-order valence-electron chi connectivity index (χ1n) is 7.95. The number of aromatic nitrogens is 3. The third-order valence-corrected chi connectivity index (χ3v) is 4.65. The molecule has 0 radical (unpaired) electrons. The van der Waals surface area contributed by atoms with Crippen molar-refractivity contribution >= 4 is 33.5 Å². The van der Waals surface area contributed by atoms with Crippen LogP contribution < -0.4 is 10.2 Å². The Morgan fingerprint density at radius 2 is 2.30 bits per heavy atom. The second-order valence-electron chi connectivity index (χ2n) is 5.99. The molecule has 3 aromatic heterocycles. The van der Waals surface area contributed by atoms with Gasteiger partial charge in [0.1, 0.15) is 0 Å². The molecule has 1 aliphatic heterocycles. The maximum atomic E-state index is 12.0. The van der Waals surface area contributed by atoms with Gasteiger partial charge in [-0.05, 0) is 25.0 Å². The monoisotopic (exact) mass is 309 g/mol. The second kappa shape index (κ2) is 5.53. The highest BCUT2D eigenvalue weighted by molar-refractivity contribution is 6.10. The van der Waals surface area contributed by atoms with Crippen molar-refractivity contribution in [2.45, 2.75) is 12.8 Å². The predicted octanol–water partition coefficient (Wildman–Crippen LogP) is 2.07. The molecule has 1 saturated heterocycles. The van der Waals surface area contributed by atoms with E-state index in [0.717, 1.165) is 53.6 Å². The van der Waals surface area contributed by atoms with Gasteiger partial charge in [0.15, 0.2) is 5.65 Å². The third kappa shape index (κ3) is 2.30. The minimum Gasteiger partial charge on any atom is -0.370 e. The number of hydrogen-bond donors (Lipinski definition) is 2. The van der Waals surface area contributed by atoms with Gasteiger partial charge in [-0.2, -0.15) is 0 Å². The van der Waals surface area contributed by atoms with E-state index in [4.69, 9.17) is 0 Å². The van der Waals surface area contributed by atoms with E-state index in [1.165, 1.54) is 0 Å². The zero-order valence-electron chi connectivity index (χ0n) is 13.0. The molecule has 0 aliphatic carbocycles. The van der Waals surface area contributed by atoms with Crippen molar-refractivity contribution in [1.29, 1.82) is 0 Å². The number of rotatable bonds is 2. The lowest BCUT2D eigenvalue weighted by atomic mass is 9.96. The molecule has 0 saturated carbocycles. The fourth-order valence-electron chi connectivity index (χ4n) is 3.52. The highest BCUT2D eigenvalue weighted by atomic mass is 16.1. The summed E-state index contributed by atoms with van der Waals surface area (Å²) in [6, 6.07) is 4.09. The summed E-state index contributed by atoms with van der Waals surface area (Å²) in [7, 11) is 1.71. The largest absolute Gasteiger partial charge is 0.370 e. The zero-order valence-corrected chi connectivity index (χ0v) is 13.0. The summed E-state index contributed by atoms with van der Waals surface area (Å²) in [6.07, 6.45) is 7.52. The van der Waals surface area contributed by atoms with Crippen LogP contribution in [0.15, 0.2) is 30.7 Å². The van der Waals surface area contributed by atoms with E-state index in [9.17, 15) is 4.79 Å². The number of nitrogens with zero attached hydrogens (tertiary/aromatic N) is 3. The third-order valence-electron chi connectivity index (χ3n) is 4.65. The standard InChI is InChI=1S/C17H19N5O/c1-18-17(23)11-3-2-8-22(10-11)14-5-7-19-13-9-21-16-12(15(13)14)4-6-20-16/h4-7,9,11,19H,2-3,8,10H2,1H3,(H,18,23). The maximum Gasteiger partial charge on any atom is 0.224 e. The van der Waals surface area contributed by atoms with Gasteiger partial charge in [0, 0.05) is 49.0 Å². The van der Waals surface area contributed by atoms with E-state index in [1.807, 2.05) is 18.5 Å². The van der Waals surface area contributed by atoms with Crippen molar-refractivity contribution < 1.29 is 4.79 Å². The van der Waals surface area contributed by atoms with Crippen molar-refractivity contribution in [3.63, 3.8) is 0 Å². The van der Waals surface area contributed by atoms with E-state index in [0.29, 0.717) is 0 Å². The van der Waals surface area contributed by atoms with Gasteiger partial charge in [0.2, 0.25) is 5.91 Å². The minimum atomic E-state index is 0.0445. The van der Waals surface area contributed by atoms with E-state index < -0.39 is 0 Å². The SMILES string of the molecule is CNC(=O)C1CCCN(c2cc[nH]c3cnc4nccc4c23)C1. The molecule has 4 rings (SSSR count). The number of H-pyrrole nitrogens is 1. The Labute approximate surface area is 133 Å². The maximum absolute atomic E-state index is 12.0. The Morgan fingerprint density at radius 3 is 3.17 bits per heavy atom. The van der Waals surface area contributed by atoms with Crippen LogP contribution >= 0.6 is 0 Å². The number of aromatic amines is 1. The van der Waals surface area contributed by atoms with Gasteiger partial charge >= 0.3 is 0 Å². The molecule has 6 nitrogen and oxygen atoms in total. The molecule has 4 heterocycles. The first-order valence-corrected chi connectivity index (χ1v) is 7.95. The molecule has 118 valence electrons. The van der Waals surface area contributed by atoms with Crippen molar-refractivity contribution in [3.05, 3.63) is 30.7 Å². The van der Waals surface area contributed by atoms with Crippen molar-refractivity contribution in [1.82, 2.24) is 20.3 Å². The topological polar surface area (TPSA) is 73.9 Å². The lowest BCUT2D eigenvalue weighted by Crippen LogP contribution is -2.42. The van der Waals surface area contributed by atoms with Gasteiger partial charge in [-0.15, -0.1) is 0 Å². The molecule has 1 atom stereocenters. The van der Waals surface area contributed by atoms with Gasteiger partial charge < -0.3 is 15.2 Å². The minimum absolute atomic E-state index is 0.0445. The molecular weight excluding hydrogens is 290 g/mol. The fourth-order valence-corrected chi connectivity index (χ4v) is 3.52. The average molecular weight is 309 g/mol. The van der Waals surface area contributed by atoms with Crippen LogP contribution in [0.3, 0.4) is 0 Å². The highest BCUT2D eigenvalue weighted by Crippen LogP contribution is 2.33. The Hall–Kier alpha value is -2.63. The van der Waals surface area contributed by atoms with E-state index in [-0.39, 0.29) is 11.8 Å². The fraction of sp³-hybridized carbons (Fsp3) is 0.353. The van der Waals surface area contributed by atoms with Gasteiger partial charge in [-0.3, -0.25) is 4.79 Å². The molecule has 6 heteroatoms. The Kier molecular flexibility index (Phi) is 3.37. The van der Waals surface area contributed by atoms with Crippen molar-refractivity contribution in [2.75, 3.05) is 25.0 Å². The Morgan fingerprint density at radius 1 is 1.39 bits per heavy atom. The summed E-state index contributed by atoms with van der Waals surface area (Å²) in [5.74, 6) is 0.173. The van der Waals surface area contributed by atoms with Crippen molar-refractivity contribution in [2.24, 2.45) is 5.92 Å². The highest BCUT2D eigenvalue weighted by Gasteiger charge is 2.26. The zero-order chi connectivity index (χ0) is 15.8. The molecule has 23 heavy (non-hydrogen) atoms. The summed E-state index contributed by atoms with van der Waals surface area (Å²) in [5, 5.41) is 4.96. The van der Waals surface area contributed by atoms with Crippen LogP contribution in [0, 0.1) is 5.92 Å². The number of hydrogen-bond acceptors (Lipinski definition) is 4. The molecule has 1 fully saturated rings. The molecule has 1 amide bonds. The van der Waals surface area contributed by atoms with Gasteiger partial charge in [0.05, 0.1) is 17.6 Å². The Bertz CT molecular complexity index is 872. The molecule has 3 aromatic rings. The molecule has 2 N–H and O–H groups in total. The molecule has 1 aliphatic rings. The summed E-state index contributed by atoms with van der Waals surface area (Å²) >= 11 is 0. The number of nitrogens with one attached hydrogen (secondary N) is 2. The summed E-state index contributed by atoms with van der Waals surface area (Å²) in [4.78, 5) is 26.3. The van der Waals surface area contributed by atoms with E-state index in [1.54, 1.807) is 13.2 Å². The number of carbonyl (C=O) groups excluding carboxylic acids is 1. The Balaban J connectivity index is 1.82. The van der Waals surface area contributed by atoms with Crippen LogP contribution in [0.4, 0.5) is 5.69 Å². The number of carbonyl (C=O) groups is 1. The summed E-state index contributed by atoms with van der Waals surface area (Å²) in [6.45, 7) is 1.71. The van der Waals surface area contributed by atoms with Crippen LogP contribution in [-0.2, 0) is 4.79 Å². The molecular formula is C17H19N5O. The van der Waals surface area contributed by atoms with Gasteiger partial charge in [0.25, 0.3) is 0 Å². The molecule has 1 unspecified atom stereocenters. The number of fused-ring (bicyclic) bond motifs is 3. The average Bonchev–Trinajstić information content (AvgIpc) is 3.09. The van der Waals surface area contributed by atoms with Crippen LogP contribution in [0.25, 0.3) is 21.9 Å². The van der Waals surface area contributed by atoms with Gasteiger partial charge in [-0.25, -0.2) is 9.97 Å². The van der Waals surface area contributed by atoms with Crippen LogP contribution in [0.5, 0.6) is 0 Å². The predicted molar refractivity (Wildman–Crippen MR) is 90.4 cm³/mol. The number of anilines is 1. The van der Waals surface area contributed by atoms with E-state index in [2.05, 4.69) is 31.2 Å². The lowest BCUT2D eigenvalue weighted by molar-refractivity contribution is -0.124. The second-order valence-corrected chi connectivity index (χ2v) is 5.99. The van der Waals surface area contributed by atoms with Gasteiger partial charge in [-0.1, -0.05) is 0 Å². The molecule has 0 spiro atoms. The smallest absolute Gasteiger partial charge is 0.224 e. The molecule has 0 aromatic carbocycles. The van der Waals surface area contributed by atoms with Crippen molar-refractivity contribution in [3.8, 4) is 0 Å². The normalized spacial score (nSPS) is 18.5. The van der Waals surface area contributed by atoms with Crippen LogP contribution in [0.2, 0.25) is 0 Å².